The van der Waals surface area contributed by atoms with E-state index in [4.69, 9.17) is 0 Å². The molecule has 2 N–H and O–H groups in total. The molecule has 0 spiro atoms. The van der Waals surface area contributed by atoms with Gasteiger partial charge in [-0.15, -0.1) is 0 Å². The third-order valence-corrected chi connectivity index (χ3v) is 4.84. The molecule has 1 aliphatic heterocycles. The maximum absolute atomic E-state index is 9.79. The maximum atomic E-state index is 9.79. The Morgan fingerprint density at radius 1 is 1.29 bits per heavy atom. The van der Waals surface area contributed by atoms with Gasteiger partial charge < -0.3 is 10.4 Å². The highest BCUT2D eigenvalue weighted by Gasteiger charge is 2.45. The summed E-state index contributed by atoms with van der Waals surface area (Å²) in [6.45, 7) is 4.82. The minimum absolute atomic E-state index is 0.0369. The highest BCUT2D eigenvalue weighted by molar-refractivity contribution is 5.03. The van der Waals surface area contributed by atoms with Crippen molar-refractivity contribution in [1.82, 2.24) is 10.2 Å². The van der Waals surface area contributed by atoms with Gasteiger partial charge in [0.1, 0.15) is 0 Å². The van der Waals surface area contributed by atoms with Gasteiger partial charge in [-0.3, -0.25) is 4.90 Å². The lowest BCUT2D eigenvalue weighted by Gasteiger charge is -2.43. The summed E-state index contributed by atoms with van der Waals surface area (Å²) in [6.07, 6.45) is 7.86. The highest BCUT2D eigenvalue weighted by Crippen LogP contribution is 2.40. The van der Waals surface area contributed by atoms with Crippen molar-refractivity contribution in [1.29, 1.82) is 0 Å². The first-order chi connectivity index (χ1) is 8.25. The monoisotopic (exact) mass is 240 g/mol. The minimum atomic E-state index is -0.0369. The fourth-order valence-corrected chi connectivity index (χ4v) is 3.40. The van der Waals surface area contributed by atoms with Crippen LogP contribution in [-0.2, 0) is 0 Å². The van der Waals surface area contributed by atoms with Crippen molar-refractivity contribution in [3.63, 3.8) is 0 Å². The maximum Gasteiger partial charge on any atom is 0.0628 e. The normalized spacial score (nSPS) is 30.2. The summed E-state index contributed by atoms with van der Waals surface area (Å²) < 4.78 is 0. The molecule has 17 heavy (non-hydrogen) atoms. The smallest absolute Gasteiger partial charge is 0.0628 e. The zero-order valence-electron chi connectivity index (χ0n) is 11.4. The van der Waals surface area contributed by atoms with Gasteiger partial charge in [-0.05, 0) is 51.6 Å². The number of likely N-dealkylation sites (tertiary alicyclic amines) is 1. The summed E-state index contributed by atoms with van der Waals surface area (Å²) in [5.74, 6) is 0.692. The number of aliphatic hydroxyl groups excluding tert-OH is 1. The van der Waals surface area contributed by atoms with Crippen LogP contribution in [0.25, 0.3) is 0 Å². The number of hydrogen-bond acceptors (Lipinski definition) is 3. The van der Waals surface area contributed by atoms with Crippen LogP contribution in [0.3, 0.4) is 0 Å². The first kappa shape index (κ1) is 13.3. The van der Waals surface area contributed by atoms with E-state index in [9.17, 15) is 5.11 Å². The van der Waals surface area contributed by atoms with E-state index in [0.29, 0.717) is 5.92 Å². The Kier molecular flexibility index (Phi) is 4.45. The predicted molar refractivity (Wildman–Crippen MR) is 71.1 cm³/mol. The molecular weight excluding hydrogens is 212 g/mol. The third kappa shape index (κ3) is 2.83. The van der Waals surface area contributed by atoms with E-state index >= 15 is 0 Å². The molecule has 1 saturated heterocycles. The van der Waals surface area contributed by atoms with Crippen molar-refractivity contribution in [2.45, 2.75) is 57.0 Å². The second-order valence-corrected chi connectivity index (χ2v) is 5.87. The second-order valence-electron chi connectivity index (χ2n) is 5.87. The summed E-state index contributed by atoms with van der Waals surface area (Å²) in [5, 5.41) is 13.2. The van der Waals surface area contributed by atoms with Gasteiger partial charge in [-0.2, -0.15) is 0 Å². The zero-order chi connectivity index (χ0) is 12.3. The average molecular weight is 240 g/mol. The second kappa shape index (κ2) is 5.68. The summed E-state index contributed by atoms with van der Waals surface area (Å²) >= 11 is 0. The van der Waals surface area contributed by atoms with E-state index in [2.05, 4.69) is 17.1 Å². The number of nitrogens with one attached hydrogen (secondary N) is 1. The number of rotatable bonds is 6. The lowest BCUT2D eigenvalue weighted by molar-refractivity contribution is 0.0567. The molecule has 2 aliphatic rings. The summed E-state index contributed by atoms with van der Waals surface area (Å²) in [6, 6.07) is 0.738. The Morgan fingerprint density at radius 3 is 2.59 bits per heavy atom. The van der Waals surface area contributed by atoms with Crippen LogP contribution in [0.1, 0.15) is 45.4 Å². The first-order valence-electron chi connectivity index (χ1n) is 7.29. The van der Waals surface area contributed by atoms with Crippen LogP contribution >= 0.6 is 0 Å². The molecule has 2 unspecified atom stereocenters. The Balaban J connectivity index is 2.00. The molecule has 0 radical (unpaired) electrons. The van der Waals surface area contributed by atoms with E-state index in [1.54, 1.807) is 0 Å². The van der Waals surface area contributed by atoms with Gasteiger partial charge in [0, 0.05) is 12.6 Å². The van der Waals surface area contributed by atoms with E-state index in [1.807, 2.05) is 7.05 Å². The number of likely N-dealkylation sites (N-methyl/N-ethyl adjacent to an activating group) is 1. The number of nitrogens with zero attached hydrogens (tertiary/aromatic N) is 1. The van der Waals surface area contributed by atoms with Crippen LogP contribution in [-0.4, -0.2) is 48.3 Å². The average Bonchev–Trinajstić information content (AvgIpc) is 3.21. The first-order valence-corrected chi connectivity index (χ1v) is 7.29. The van der Waals surface area contributed by atoms with Crippen molar-refractivity contribution >= 4 is 0 Å². The molecule has 0 aromatic carbocycles. The topological polar surface area (TPSA) is 35.5 Å². The van der Waals surface area contributed by atoms with Crippen LogP contribution in [0.5, 0.6) is 0 Å². The van der Waals surface area contributed by atoms with E-state index in [1.165, 1.54) is 45.1 Å². The number of aliphatic hydroxyl groups is 1. The Bertz CT molecular complexity index is 236. The van der Waals surface area contributed by atoms with Gasteiger partial charge in [0.25, 0.3) is 0 Å². The van der Waals surface area contributed by atoms with Gasteiger partial charge in [-0.1, -0.05) is 13.3 Å². The lowest BCUT2D eigenvalue weighted by atomic mass is 9.90. The Labute approximate surface area is 106 Å². The third-order valence-electron chi connectivity index (χ3n) is 4.84. The molecule has 2 fully saturated rings. The Hall–Kier alpha value is -0.120. The van der Waals surface area contributed by atoms with Gasteiger partial charge in [0.15, 0.2) is 0 Å². The van der Waals surface area contributed by atoms with E-state index in [0.717, 1.165) is 12.6 Å². The molecule has 2 rings (SSSR count). The largest absolute Gasteiger partial charge is 0.394 e. The molecule has 0 bridgehead atoms. The fraction of sp³-hybridized carbons (Fsp3) is 1.00. The molecule has 0 aromatic heterocycles. The fourth-order valence-electron chi connectivity index (χ4n) is 3.40. The van der Waals surface area contributed by atoms with Crippen molar-refractivity contribution < 1.29 is 5.11 Å². The van der Waals surface area contributed by atoms with Crippen LogP contribution in [0.4, 0.5) is 0 Å². The molecule has 1 aliphatic carbocycles. The van der Waals surface area contributed by atoms with Crippen molar-refractivity contribution in [3.05, 3.63) is 0 Å². The van der Waals surface area contributed by atoms with Crippen LogP contribution in [0.2, 0.25) is 0 Å². The van der Waals surface area contributed by atoms with E-state index in [-0.39, 0.29) is 12.1 Å². The van der Waals surface area contributed by atoms with Gasteiger partial charge in [-0.25, -0.2) is 0 Å². The van der Waals surface area contributed by atoms with Gasteiger partial charge in [0.2, 0.25) is 0 Å². The molecule has 1 saturated carbocycles. The Morgan fingerprint density at radius 2 is 2.06 bits per heavy atom. The quantitative estimate of drug-likeness (QED) is 0.740. The van der Waals surface area contributed by atoms with E-state index < -0.39 is 0 Å². The zero-order valence-corrected chi connectivity index (χ0v) is 11.4. The minimum Gasteiger partial charge on any atom is -0.394 e. The standard InChI is InChI=1S/C14H28N2O/c1-3-13-6-4-5-9-16(13)10-14(11-17,15-2)12-7-8-12/h12-13,15,17H,3-11H2,1-2H3. The highest BCUT2D eigenvalue weighted by atomic mass is 16.3. The molecule has 3 nitrogen and oxygen atoms in total. The molecular formula is C14H28N2O. The summed E-state index contributed by atoms with van der Waals surface area (Å²) in [5.41, 5.74) is -0.0369. The van der Waals surface area contributed by atoms with Crippen molar-refractivity contribution in [2.75, 3.05) is 26.7 Å². The predicted octanol–water partition coefficient (Wildman–Crippen LogP) is 1.61. The molecule has 2 atom stereocenters. The van der Waals surface area contributed by atoms with Crippen LogP contribution in [0.15, 0.2) is 0 Å². The summed E-state index contributed by atoms with van der Waals surface area (Å²) in [4.78, 5) is 2.62. The molecule has 3 heteroatoms. The van der Waals surface area contributed by atoms with Crippen LogP contribution < -0.4 is 5.32 Å². The van der Waals surface area contributed by atoms with Crippen molar-refractivity contribution in [2.24, 2.45) is 5.92 Å². The van der Waals surface area contributed by atoms with Gasteiger partial charge in [0.05, 0.1) is 12.1 Å². The van der Waals surface area contributed by atoms with Crippen molar-refractivity contribution in [3.8, 4) is 0 Å². The van der Waals surface area contributed by atoms with Gasteiger partial charge >= 0.3 is 0 Å². The number of hydrogen-bond donors (Lipinski definition) is 2. The van der Waals surface area contributed by atoms with Crippen LogP contribution in [0, 0.1) is 5.92 Å². The molecule has 1 heterocycles. The summed E-state index contributed by atoms with van der Waals surface area (Å²) in [7, 11) is 2.01. The molecule has 0 aromatic rings. The SMILES string of the molecule is CCC1CCCCN1CC(CO)(NC)C1CC1. The lowest BCUT2D eigenvalue weighted by Crippen LogP contribution is -2.59. The molecule has 100 valence electrons. The molecule has 0 amide bonds. The number of piperidine rings is 1.